The average molecular weight is 326 g/mol. The Labute approximate surface area is 134 Å². The number of carbonyl (C=O) groups excluding carboxylic acids is 1. The molecule has 1 aliphatic carbocycles. The van der Waals surface area contributed by atoms with Gasteiger partial charge in [-0.05, 0) is 49.9 Å². The molecule has 0 spiro atoms. The van der Waals surface area contributed by atoms with E-state index >= 15 is 0 Å². The van der Waals surface area contributed by atoms with Gasteiger partial charge in [-0.15, -0.1) is 0 Å². The lowest BCUT2D eigenvalue weighted by molar-refractivity contribution is -0.124. The van der Waals surface area contributed by atoms with Gasteiger partial charge in [-0.3, -0.25) is 9.69 Å². The zero-order chi connectivity index (χ0) is 15.7. The highest BCUT2D eigenvalue weighted by atomic mass is 35.5. The molecule has 0 unspecified atom stereocenters. The number of hydrogen-bond acceptors (Lipinski definition) is 3. The topological polar surface area (TPSA) is 58.4 Å². The van der Waals surface area contributed by atoms with Crippen molar-refractivity contribution in [3.8, 4) is 0 Å². The van der Waals surface area contributed by atoms with E-state index in [9.17, 15) is 9.18 Å². The molecule has 1 saturated carbocycles. The molecule has 0 bridgehead atoms. The van der Waals surface area contributed by atoms with Gasteiger partial charge in [0.1, 0.15) is 5.82 Å². The summed E-state index contributed by atoms with van der Waals surface area (Å²) < 4.78 is 13.1. The van der Waals surface area contributed by atoms with Gasteiger partial charge in [-0.25, -0.2) is 4.39 Å². The smallest absolute Gasteiger partial charge is 0.240 e. The molecule has 1 aromatic rings. The van der Waals surface area contributed by atoms with Crippen LogP contribution in [0.5, 0.6) is 0 Å². The highest BCUT2D eigenvalue weighted by Crippen LogP contribution is 2.32. The second-order valence-electron chi connectivity index (χ2n) is 6.44. The summed E-state index contributed by atoms with van der Waals surface area (Å²) in [5.74, 6) is -0.352. The van der Waals surface area contributed by atoms with Gasteiger partial charge in [-0.2, -0.15) is 0 Å². The summed E-state index contributed by atoms with van der Waals surface area (Å²) in [5, 5.41) is 3.51. The molecule has 3 N–H and O–H groups in total. The van der Waals surface area contributed by atoms with E-state index in [0.29, 0.717) is 11.6 Å². The fraction of sp³-hybridized carbons (Fsp3) is 0.562. The van der Waals surface area contributed by atoms with E-state index in [1.807, 2.05) is 0 Å². The van der Waals surface area contributed by atoms with E-state index in [2.05, 4.69) is 10.2 Å². The van der Waals surface area contributed by atoms with Crippen molar-refractivity contribution in [3.05, 3.63) is 34.6 Å². The van der Waals surface area contributed by atoms with Crippen molar-refractivity contribution in [1.82, 2.24) is 10.2 Å². The summed E-state index contributed by atoms with van der Waals surface area (Å²) in [6, 6.07) is 4.61. The second-order valence-corrected chi connectivity index (χ2v) is 6.85. The van der Waals surface area contributed by atoms with Crippen molar-refractivity contribution in [2.24, 2.45) is 5.73 Å². The van der Waals surface area contributed by atoms with Crippen LogP contribution < -0.4 is 11.1 Å². The maximum absolute atomic E-state index is 13.1. The molecule has 0 radical (unpaired) electrons. The van der Waals surface area contributed by atoms with E-state index in [4.69, 9.17) is 17.3 Å². The Balaban J connectivity index is 1.57. The molecule has 1 atom stereocenters. The van der Waals surface area contributed by atoms with Crippen LogP contribution in [0, 0.1) is 5.82 Å². The van der Waals surface area contributed by atoms with Crippen LogP contribution in [0.2, 0.25) is 5.02 Å². The van der Waals surface area contributed by atoms with E-state index in [0.717, 1.165) is 44.3 Å². The zero-order valence-electron chi connectivity index (χ0n) is 12.4. The fourth-order valence-electron chi connectivity index (χ4n) is 2.90. The average Bonchev–Trinajstić information content (AvgIpc) is 3.22. The van der Waals surface area contributed by atoms with Crippen molar-refractivity contribution in [2.45, 2.75) is 43.8 Å². The molecule has 1 aromatic carbocycles. The van der Waals surface area contributed by atoms with E-state index in [1.54, 1.807) is 6.07 Å². The Morgan fingerprint density at radius 3 is 2.95 bits per heavy atom. The Morgan fingerprint density at radius 1 is 1.50 bits per heavy atom. The summed E-state index contributed by atoms with van der Waals surface area (Å²) in [6.07, 6.45) is 3.54. The number of piperidine rings is 1. The molecule has 1 saturated heterocycles. The predicted molar refractivity (Wildman–Crippen MR) is 84.0 cm³/mol. The Kier molecular flexibility index (Phi) is 4.39. The molecule has 2 aliphatic rings. The number of nitrogens with one attached hydrogen (secondary N) is 1. The molecule has 0 aromatic heterocycles. The minimum Gasteiger partial charge on any atom is -0.350 e. The molecule has 1 amide bonds. The van der Waals surface area contributed by atoms with Crippen molar-refractivity contribution in [3.63, 3.8) is 0 Å². The van der Waals surface area contributed by atoms with E-state index in [-0.39, 0.29) is 17.8 Å². The van der Waals surface area contributed by atoms with Crippen molar-refractivity contribution in [1.29, 1.82) is 0 Å². The number of hydrogen-bond donors (Lipinski definition) is 2. The van der Waals surface area contributed by atoms with Crippen molar-refractivity contribution < 1.29 is 9.18 Å². The van der Waals surface area contributed by atoms with E-state index < -0.39 is 5.54 Å². The van der Waals surface area contributed by atoms with Gasteiger partial charge < -0.3 is 11.1 Å². The first-order valence-corrected chi connectivity index (χ1v) is 8.10. The highest BCUT2D eigenvalue weighted by Gasteiger charge is 2.46. The van der Waals surface area contributed by atoms with Crippen LogP contribution in [0.15, 0.2) is 18.2 Å². The van der Waals surface area contributed by atoms with Gasteiger partial charge in [0.05, 0.1) is 5.54 Å². The monoisotopic (exact) mass is 325 g/mol. The van der Waals surface area contributed by atoms with Crippen LogP contribution in [0.3, 0.4) is 0 Å². The Hall–Kier alpha value is -1.17. The molecule has 6 heteroatoms. The number of nitrogens with zero attached hydrogens (tertiary/aromatic N) is 1. The Bertz CT molecular complexity index is 577. The lowest BCUT2D eigenvalue weighted by atomic mass is 10.0. The molecule has 1 aliphatic heterocycles. The minimum absolute atomic E-state index is 0.0286. The molecule has 4 nitrogen and oxygen atoms in total. The number of benzene rings is 1. The summed E-state index contributed by atoms with van der Waals surface area (Å²) >= 11 is 6.08. The van der Waals surface area contributed by atoms with Gasteiger partial charge in [0.15, 0.2) is 0 Å². The molecular formula is C16H21ClFN3O. The second kappa shape index (κ2) is 6.14. The molecule has 22 heavy (non-hydrogen) atoms. The van der Waals surface area contributed by atoms with Gasteiger partial charge in [0.25, 0.3) is 0 Å². The SMILES string of the molecule is NC1(C(=O)N[C@H]2CCCN(Cc3ccc(F)cc3Cl)C2)CC1. The molecular weight excluding hydrogens is 305 g/mol. The number of likely N-dealkylation sites (tertiary alicyclic amines) is 1. The molecule has 2 fully saturated rings. The van der Waals surface area contributed by atoms with Gasteiger partial charge >= 0.3 is 0 Å². The fourth-order valence-corrected chi connectivity index (χ4v) is 3.13. The van der Waals surface area contributed by atoms with Crippen LogP contribution in [-0.2, 0) is 11.3 Å². The summed E-state index contributed by atoms with van der Waals surface area (Å²) in [4.78, 5) is 14.3. The zero-order valence-corrected chi connectivity index (χ0v) is 13.2. The van der Waals surface area contributed by atoms with Crippen LogP contribution in [0.25, 0.3) is 0 Å². The summed E-state index contributed by atoms with van der Waals surface area (Å²) in [6.45, 7) is 2.39. The summed E-state index contributed by atoms with van der Waals surface area (Å²) in [7, 11) is 0. The maximum atomic E-state index is 13.1. The Morgan fingerprint density at radius 2 is 2.27 bits per heavy atom. The molecule has 3 rings (SSSR count). The highest BCUT2D eigenvalue weighted by molar-refractivity contribution is 6.31. The normalized spacial score (nSPS) is 24.0. The number of halogens is 2. The third-order valence-electron chi connectivity index (χ3n) is 4.49. The largest absolute Gasteiger partial charge is 0.350 e. The van der Waals surface area contributed by atoms with Crippen LogP contribution in [0.4, 0.5) is 4.39 Å². The third kappa shape index (κ3) is 3.59. The number of amides is 1. The molecule has 1 heterocycles. The predicted octanol–water partition coefficient (Wildman–Crippen LogP) is 2.05. The van der Waals surface area contributed by atoms with Crippen molar-refractivity contribution in [2.75, 3.05) is 13.1 Å². The van der Waals surface area contributed by atoms with Gasteiger partial charge in [-0.1, -0.05) is 17.7 Å². The summed E-state index contributed by atoms with van der Waals surface area (Å²) in [5.41, 5.74) is 6.21. The third-order valence-corrected chi connectivity index (χ3v) is 4.84. The first-order chi connectivity index (χ1) is 10.5. The minimum atomic E-state index is -0.622. The maximum Gasteiger partial charge on any atom is 0.240 e. The van der Waals surface area contributed by atoms with E-state index in [1.165, 1.54) is 12.1 Å². The number of carbonyl (C=O) groups is 1. The molecule has 120 valence electrons. The number of nitrogens with two attached hydrogens (primary N) is 1. The van der Waals surface area contributed by atoms with Crippen LogP contribution in [-0.4, -0.2) is 35.5 Å². The lowest BCUT2D eigenvalue weighted by Crippen LogP contribution is -2.52. The standard InChI is InChI=1S/C16H21ClFN3O/c17-14-8-12(18)4-3-11(14)9-21-7-1-2-13(10-21)20-15(22)16(19)5-6-16/h3-4,8,13H,1-2,5-7,9-10,19H2,(H,20,22)/t13-/m0/s1. The quantitative estimate of drug-likeness (QED) is 0.891. The lowest BCUT2D eigenvalue weighted by Gasteiger charge is -2.33. The number of rotatable bonds is 4. The van der Waals surface area contributed by atoms with Crippen LogP contribution in [0.1, 0.15) is 31.2 Å². The van der Waals surface area contributed by atoms with Crippen molar-refractivity contribution >= 4 is 17.5 Å². The van der Waals surface area contributed by atoms with Crippen LogP contribution >= 0.6 is 11.6 Å². The van der Waals surface area contributed by atoms with Gasteiger partial charge in [0, 0.05) is 24.2 Å². The van der Waals surface area contributed by atoms with Gasteiger partial charge in [0.2, 0.25) is 5.91 Å². The first kappa shape index (κ1) is 15.7. The first-order valence-electron chi connectivity index (χ1n) is 7.72.